The molecule has 0 atom stereocenters. The van der Waals surface area contributed by atoms with Crippen LogP contribution < -0.4 is 0 Å². The van der Waals surface area contributed by atoms with Crippen molar-refractivity contribution in [2.75, 3.05) is 13.6 Å². The average Bonchev–Trinajstić information content (AvgIpc) is 3.12. The number of aryl methyl sites for hydroxylation is 2. The monoisotopic (exact) mass is 257 g/mol. The number of carbonyl (C=O) groups is 1. The first-order chi connectivity index (χ1) is 9.06. The molecule has 1 heterocycles. The summed E-state index contributed by atoms with van der Waals surface area (Å²) in [5.74, 6) is 1.18. The summed E-state index contributed by atoms with van der Waals surface area (Å²) in [4.78, 5) is 14.2. The van der Waals surface area contributed by atoms with Gasteiger partial charge in [-0.1, -0.05) is 12.1 Å². The fourth-order valence-corrected chi connectivity index (χ4v) is 2.48. The van der Waals surface area contributed by atoms with Gasteiger partial charge in [0.15, 0.2) is 5.76 Å². The molecule has 3 heteroatoms. The Balaban J connectivity index is 1.94. The largest absolute Gasteiger partial charge is 0.451 e. The van der Waals surface area contributed by atoms with Gasteiger partial charge in [-0.2, -0.15) is 0 Å². The first-order valence-corrected chi connectivity index (χ1v) is 6.81. The Morgan fingerprint density at radius 3 is 2.79 bits per heavy atom. The SMILES string of the molecule is Cc1ccc2c(C)c(C(=O)N(C)CC3CC3)oc2c1. The zero-order valence-corrected chi connectivity index (χ0v) is 11.7. The summed E-state index contributed by atoms with van der Waals surface area (Å²) in [5, 5.41) is 1.04. The minimum Gasteiger partial charge on any atom is -0.451 e. The van der Waals surface area contributed by atoms with E-state index in [0.29, 0.717) is 11.7 Å². The Morgan fingerprint density at radius 2 is 2.11 bits per heavy atom. The second kappa shape index (κ2) is 4.41. The predicted octanol–water partition coefficient (Wildman–Crippen LogP) is 3.53. The number of carbonyl (C=O) groups excluding carboxylic acids is 1. The van der Waals surface area contributed by atoms with Crippen molar-refractivity contribution in [2.24, 2.45) is 5.92 Å². The Labute approximate surface area is 113 Å². The average molecular weight is 257 g/mol. The molecule has 1 aromatic carbocycles. The van der Waals surface area contributed by atoms with Crippen molar-refractivity contribution in [2.45, 2.75) is 26.7 Å². The molecular weight excluding hydrogens is 238 g/mol. The fourth-order valence-electron chi connectivity index (χ4n) is 2.48. The molecular formula is C16H19NO2. The van der Waals surface area contributed by atoms with E-state index in [2.05, 4.69) is 0 Å². The molecule has 0 bridgehead atoms. The molecule has 1 fully saturated rings. The van der Waals surface area contributed by atoms with Crippen LogP contribution in [0.3, 0.4) is 0 Å². The van der Waals surface area contributed by atoms with Gasteiger partial charge in [-0.05, 0) is 44.2 Å². The highest BCUT2D eigenvalue weighted by molar-refractivity contribution is 5.98. The molecule has 3 nitrogen and oxygen atoms in total. The molecule has 1 aliphatic carbocycles. The Kier molecular flexibility index (Phi) is 2.85. The normalized spacial score (nSPS) is 14.9. The van der Waals surface area contributed by atoms with Crippen LogP contribution in [-0.4, -0.2) is 24.4 Å². The summed E-state index contributed by atoms with van der Waals surface area (Å²) in [6.45, 7) is 4.83. The van der Waals surface area contributed by atoms with E-state index in [1.165, 1.54) is 12.8 Å². The molecule has 3 rings (SSSR count). The summed E-state index contributed by atoms with van der Waals surface area (Å²) in [6, 6.07) is 6.06. The van der Waals surface area contributed by atoms with Gasteiger partial charge in [0.2, 0.25) is 0 Å². The van der Waals surface area contributed by atoms with E-state index in [1.54, 1.807) is 4.90 Å². The topological polar surface area (TPSA) is 33.5 Å². The predicted molar refractivity (Wildman–Crippen MR) is 75.4 cm³/mol. The van der Waals surface area contributed by atoms with Gasteiger partial charge in [0.1, 0.15) is 5.58 Å². The number of fused-ring (bicyclic) bond motifs is 1. The van der Waals surface area contributed by atoms with Crippen LogP contribution in [0.2, 0.25) is 0 Å². The van der Waals surface area contributed by atoms with Crippen molar-refractivity contribution in [1.29, 1.82) is 0 Å². The van der Waals surface area contributed by atoms with Crippen molar-refractivity contribution in [3.8, 4) is 0 Å². The summed E-state index contributed by atoms with van der Waals surface area (Å²) in [5.41, 5.74) is 2.90. The highest BCUT2D eigenvalue weighted by Gasteiger charge is 2.27. The fraction of sp³-hybridized carbons (Fsp3) is 0.438. The molecule has 2 aromatic rings. The van der Waals surface area contributed by atoms with Crippen molar-refractivity contribution >= 4 is 16.9 Å². The third kappa shape index (κ3) is 2.25. The lowest BCUT2D eigenvalue weighted by molar-refractivity contribution is 0.0758. The van der Waals surface area contributed by atoms with E-state index >= 15 is 0 Å². The van der Waals surface area contributed by atoms with Gasteiger partial charge in [0, 0.05) is 24.5 Å². The van der Waals surface area contributed by atoms with E-state index < -0.39 is 0 Å². The third-order valence-corrected chi connectivity index (χ3v) is 3.86. The summed E-state index contributed by atoms with van der Waals surface area (Å²) < 4.78 is 5.77. The van der Waals surface area contributed by atoms with E-state index in [4.69, 9.17) is 4.42 Å². The lowest BCUT2D eigenvalue weighted by atomic mass is 10.1. The minimum absolute atomic E-state index is 0.00162. The first kappa shape index (κ1) is 12.3. The van der Waals surface area contributed by atoms with Gasteiger partial charge in [-0.3, -0.25) is 4.79 Å². The van der Waals surface area contributed by atoms with E-state index in [1.807, 2.05) is 39.1 Å². The van der Waals surface area contributed by atoms with Crippen LogP contribution in [-0.2, 0) is 0 Å². The molecule has 0 saturated heterocycles. The smallest absolute Gasteiger partial charge is 0.289 e. The quantitative estimate of drug-likeness (QED) is 0.842. The number of rotatable bonds is 3. The first-order valence-electron chi connectivity index (χ1n) is 6.81. The number of furan rings is 1. The van der Waals surface area contributed by atoms with Gasteiger partial charge < -0.3 is 9.32 Å². The maximum absolute atomic E-state index is 12.4. The van der Waals surface area contributed by atoms with Crippen LogP contribution in [0.5, 0.6) is 0 Å². The van der Waals surface area contributed by atoms with Gasteiger partial charge >= 0.3 is 0 Å². The number of amides is 1. The van der Waals surface area contributed by atoms with E-state index in [0.717, 1.165) is 28.6 Å². The highest BCUT2D eigenvalue weighted by Crippen LogP contribution is 2.31. The van der Waals surface area contributed by atoms with Crippen molar-refractivity contribution in [3.63, 3.8) is 0 Å². The highest BCUT2D eigenvalue weighted by atomic mass is 16.3. The molecule has 0 aliphatic heterocycles. The molecule has 0 N–H and O–H groups in total. The Hall–Kier alpha value is -1.77. The lowest BCUT2D eigenvalue weighted by Gasteiger charge is -2.15. The van der Waals surface area contributed by atoms with Gasteiger partial charge in [-0.25, -0.2) is 0 Å². The molecule has 1 amide bonds. The molecule has 19 heavy (non-hydrogen) atoms. The van der Waals surface area contributed by atoms with Crippen LogP contribution in [0.4, 0.5) is 0 Å². The second-order valence-corrected chi connectivity index (χ2v) is 5.68. The van der Waals surface area contributed by atoms with Crippen molar-refractivity contribution in [3.05, 3.63) is 35.1 Å². The van der Waals surface area contributed by atoms with Crippen molar-refractivity contribution in [1.82, 2.24) is 4.90 Å². The van der Waals surface area contributed by atoms with E-state index in [9.17, 15) is 4.79 Å². The number of benzene rings is 1. The van der Waals surface area contributed by atoms with Gasteiger partial charge in [0.25, 0.3) is 5.91 Å². The summed E-state index contributed by atoms with van der Waals surface area (Å²) in [7, 11) is 1.86. The van der Waals surface area contributed by atoms with Gasteiger partial charge in [-0.15, -0.1) is 0 Å². The summed E-state index contributed by atoms with van der Waals surface area (Å²) >= 11 is 0. The van der Waals surface area contributed by atoms with Crippen molar-refractivity contribution < 1.29 is 9.21 Å². The van der Waals surface area contributed by atoms with Crippen LogP contribution in [0.25, 0.3) is 11.0 Å². The number of hydrogen-bond acceptors (Lipinski definition) is 2. The third-order valence-electron chi connectivity index (χ3n) is 3.86. The molecule has 1 saturated carbocycles. The van der Waals surface area contributed by atoms with Gasteiger partial charge in [0.05, 0.1) is 0 Å². The van der Waals surface area contributed by atoms with Crippen LogP contribution >= 0.6 is 0 Å². The number of hydrogen-bond donors (Lipinski definition) is 0. The molecule has 1 aromatic heterocycles. The molecule has 0 spiro atoms. The lowest BCUT2D eigenvalue weighted by Crippen LogP contribution is -2.28. The Morgan fingerprint density at radius 1 is 1.37 bits per heavy atom. The van der Waals surface area contributed by atoms with Crippen LogP contribution in [0, 0.1) is 19.8 Å². The maximum atomic E-state index is 12.4. The molecule has 100 valence electrons. The zero-order chi connectivity index (χ0) is 13.6. The minimum atomic E-state index is -0.00162. The Bertz CT molecular complexity index is 637. The standard InChI is InChI=1S/C16H19NO2/c1-10-4-7-13-11(2)15(19-14(13)8-10)16(18)17(3)9-12-5-6-12/h4,7-8,12H,5-6,9H2,1-3H3. The van der Waals surface area contributed by atoms with Crippen LogP contribution in [0.15, 0.2) is 22.6 Å². The molecule has 0 unspecified atom stereocenters. The molecule has 0 radical (unpaired) electrons. The second-order valence-electron chi connectivity index (χ2n) is 5.68. The van der Waals surface area contributed by atoms with E-state index in [-0.39, 0.29) is 5.91 Å². The van der Waals surface area contributed by atoms with Crippen LogP contribution in [0.1, 0.15) is 34.5 Å². The maximum Gasteiger partial charge on any atom is 0.289 e. The zero-order valence-electron chi connectivity index (χ0n) is 11.7. The molecule has 1 aliphatic rings. The summed E-state index contributed by atoms with van der Waals surface area (Å²) in [6.07, 6.45) is 2.49. The number of nitrogens with zero attached hydrogens (tertiary/aromatic N) is 1.